The molecule has 3 aromatic rings. The van der Waals surface area contributed by atoms with Crippen LogP contribution in [0, 0.1) is 10.1 Å². The smallest absolute Gasteiger partial charge is 0.324 e. The number of nitro benzene ring substituents is 1. The van der Waals surface area contributed by atoms with E-state index in [0.29, 0.717) is 12.4 Å². The minimum Gasteiger partial charge on any atom is -0.489 e. The molecule has 160 valence electrons. The predicted molar refractivity (Wildman–Crippen MR) is 112 cm³/mol. The third kappa shape index (κ3) is 5.37. The summed E-state index contributed by atoms with van der Waals surface area (Å²) in [6.07, 6.45) is 0. The van der Waals surface area contributed by atoms with Crippen LogP contribution >= 0.6 is 0 Å². The van der Waals surface area contributed by atoms with Gasteiger partial charge in [-0.25, -0.2) is 8.42 Å². The van der Waals surface area contributed by atoms with Gasteiger partial charge < -0.3 is 9.84 Å². The number of aliphatic carboxylic acids is 1. The van der Waals surface area contributed by atoms with Crippen molar-refractivity contribution in [3.05, 3.63) is 94.5 Å². The molecular weight excluding hydrogens is 424 g/mol. The highest BCUT2D eigenvalue weighted by atomic mass is 32.2. The van der Waals surface area contributed by atoms with E-state index in [1.807, 2.05) is 30.3 Å². The Kier molecular flexibility index (Phi) is 6.51. The van der Waals surface area contributed by atoms with E-state index < -0.39 is 27.5 Å². The van der Waals surface area contributed by atoms with Crippen molar-refractivity contribution in [3.8, 4) is 5.75 Å². The number of non-ortho nitro benzene ring substituents is 1. The molecule has 1 N–H and O–H groups in total. The first kappa shape index (κ1) is 21.8. The van der Waals surface area contributed by atoms with Crippen LogP contribution < -0.4 is 9.04 Å². The third-order valence-electron chi connectivity index (χ3n) is 4.29. The number of benzene rings is 3. The van der Waals surface area contributed by atoms with Gasteiger partial charge in [0.2, 0.25) is 0 Å². The average Bonchev–Trinajstić information content (AvgIpc) is 2.77. The molecule has 0 bridgehead atoms. The maximum absolute atomic E-state index is 13.0. The molecule has 0 spiro atoms. The molecule has 3 aromatic carbocycles. The number of carboxylic acids is 1. The van der Waals surface area contributed by atoms with Crippen LogP contribution in [0.15, 0.2) is 83.8 Å². The Morgan fingerprint density at radius 2 is 1.58 bits per heavy atom. The summed E-state index contributed by atoms with van der Waals surface area (Å²) in [4.78, 5) is 21.2. The lowest BCUT2D eigenvalue weighted by molar-refractivity contribution is -0.384. The van der Waals surface area contributed by atoms with Crippen LogP contribution in [-0.2, 0) is 21.4 Å². The summed E-state index contributed by atoms with van der Waals surface area (Å²) in [5, 5.41) is 20.0. The highest BCUT2D eigenvalue weighted by molar-refractivity contribution is 7.92. The van der Waals surface area contributed by atoms with Gasteiger partial charge in [0.15, 0.2) is 0 Å². The molecule has 0 aliphatic heterocycles. The second-order valence-corrected chi connectivity index (χ2v) is 8.29. The largest absolute Gasteiger partial charge is 0.489 e. The van der Waals surface area contributed by atoms with Gasteiger partial charge in [0.1, 0.15) is 18.9 Å². The number of ether oxygens (including phenoxy) is 1. The number of carbonyl (C=O) groups is 1. The molecule has 0 saturated heterocycles. The van der Waals surface area contributed by atoms with Gasteiger partial charge in [0, 0.05) is 12.1 Å². The van der Waals surface area contributed by atoms with Gasteiger partial charge in [-0.2, -0.15) is 0 Å². The molecule has 0 amide bonds. The molecule has 31 heavy (non-hydrogen) atoms. The normalized spacial score (nSPS) is 11.0. The fourth-order valence-corrected chi connectivity index (χ4v) is 4.17. The molecule has 3 rings (SSSR count). The van der Waals surface area contributed by atoms with Crippen molar-refractivity contribution < 1.29 is 28.0 Å². The van der Waals surface area contributed by atoms with Gasteiger partial charge in [0.05, 0.1) is 15.5 Å². The van der Waals surface area contributed by atoms with Crippen molar-refractivity contribution in [3.63, 3.8) is 0 Å². The number of carboxylic acid groups (broad SMARTS) is 1. The Balaban J connectivity index is 1.84. The molecule has 9 nitrogen and oxygen atoms in total. The van der Waals surface area contributed by atoms with Crippen LogP contribution in [0.25, 0.3) is 0 Å². The first-order valence-electron chi connectivity index (χ1n) is 9.03. The van der Waals surface area contributed by atoms with Gasteiger partial charge in [-0.3, -0.25) is 19.2 Å². The van der Waals surface area contributed by atoms with E-state index in [-0.39, 0.29) is 16.3 Å². The van der Waals surface area contributed by atoms with E-state index in [1.54, 1.807) is 12.1 Å². The maximum Gasteiger partial charge on any atom is 0.324 e. The minimum absolute atomic E-state index is 0.118. The lowest BCUT2D eigenvalue weighted by Gasteiger charge is -2.23. The van der Waals surface area contributed by atoms with Crippen LogP contribution in [0.3, 0.4) is 0 Å². The summed E-state index contributed by atoms with van der Waals surface area (Å²) in [5.74, 6) is -0.870. The first-order valence-corrected chi connectivity index (χ1v) is 10.5. The zero-order valence-corrected chi connectivity index (χ0v) is 16.9. The van der Waals surface area contributed by atoms with Crippen molar-refractivity contribution in [1.82, 2.24) is 0 Å². The molecule has 0 radical (unpaired) electrons. The van der Waals surface area contributed by atoms with Gasteiger partial charge in [0.25, 0.3) is 15.7 Å². The highest BCUT2D eigenvalue weighted by Gasteiger charge is 2.27. The van der Waals surface area contributed by atoms with Gasteiger partial charge >= 0.3 is 5.97 Å². The number of nitro groups is 1. The summed E-state index contributed by atoms with van der Waals surface area (Å²) < 4.78 is 32.4. The molecule has 0 aliphatic rings. The molecule has 0 heterocycles. The Bertz CT molecular complexity index is 1160. The number of rotatable bonds is 9. The molecule has 0 aromatic heterocycles. The van der Waals surface area contributed by atoms with Crippen molar-refractivity contribution in [2.24, 2.45) is 0 Å². The standard InChI is InChI=1S/C21H18N2O7S/c24-21(25)14-22(31(28,29)20-12-8-18(9-13-20)23(26)27)17-6-10-19(11-7-17)30-15-16-4-2-1-3-5-16/h1-13H,14-15H2,(H,24,25). The van der Waals surface area contributed by atoms with Gasteiger partial charge in [-0.15, -0.1) is 0 Å². The Morgan fingerprint density at radius 1 is 0.968 bits per heavy atom. The molecule has 0 fully saturated rings. The maximum atomic E-state index is 13.0. The average molecular weight is 442 g/mol. The topological polar surface area (TPSA) is 127 Å². The Hall–Kier alpha value is -3.92. The fraction of sp³-hybridized carbons (Fsp3) is 0.0952. The van der Waals surface area contributed by atoms with Crippen molar-refractivity contribution >= 4 is 27.4 Å². The zero-order chi connectivity index (χ0) is 22.4. The number of sulfonamides is 1. The van der Waals surface area contributed by atoms with Crippen molar-refractivity contribution in [1.29, 1.82) is 0 Å². The van der Waals surface area contributed by atoms with E-state index in [0.717, 1.165) is 34.1 Å². The van der Waals surface area contributed by atoms with E-state index >= 15 is 0 Å². The van der Waals surface area contributed by atoms with Crippen LogP contribution in [0.4, 0.5) is 11.4 Å². The van der Waals surface area contributed by atoms with Gasteiger partial charge in [-0.1, -0.05) is 30.3 Å². The molecule has 0 atom stereocenters. The molecule has 10 heteroatoms. The second kappa shape index (κ2) is 9.26. The molecule has 0 saturated carbocycles. The zero-order valence-electron chi connectivity index (χ0n) is 16.1. The quantitative estimate of drug-likeness (QED) is 0.397. The Labute approximate surface area is 178 Å². The third-order valence-corrected chi connectivity index (χ3v) is 6.08. The van der Waals surface area contributed by atoms with E-state index in [4.69, 9.17) is 4.74 Å². The predicted octanol–water partition coefficient (Wildman–Crippen LogP) is 3.45. The second-order valence-electron chi connectivity index (χ2n) is 6.42. The SMILES string of the molecule is O=C(O)CN(c1ccc(OCc2ccccc2)cc1)S(=O)(=O)c1ccc([N+](=O)[O-])cc1. The van der Waals surface area contributed by atoms with E-state index in [1.165, 1.54) is 12.1 Å². The highest BCUT2D eigenvalue weighted by Crippen LogP contribution is 2.27. The van der Waals surface area contributed by atoms with Crippen LogP contribution in [0.1, 0.15) is 5.56 Å². The molecular formula is C21H18N2O7S. The first-order chi connectivity index (χ1) is 14.8. The molecule has 0 unspecified atom stereocenters. The van der Waals surface area contributed by atoms with Crippen molar-refractivity contribution in [2.45, 2.75) is 11.5 Å². The lowest BCUT2D eigenvalue weighted by atomic mass is 10.2. The number of hydrogen-bond acceptors (Lipinski definition) is 6. The number of hydrogen-bond donors (Lipinski definition) is 1. The van der Waals surface area contributed by atoms with E-state index in [9.17, 15) is 28.4 Å². The van der Waals surface area contributed by atoms with E-state index in [2.05, 4.69) is 0 Å². The van der Waals surface area contributed by atoms with Crippen molar-refractivity contribution in [2.75, 3.05) is 10.8 Å². The number of anilines is 1. The summed E-state index contributed by atoms with van der Waals surface area (Å²) in [6.45, 7) is -0.496. The monoisotopic (exact) mass is 442 g/mol. The summed E-state index contributed by atoms with van der Waals surface area (Å²) >= 11 is 0. The summed E-state index contributed by atoms with van der Waals surface area (Å²) in [5.41, 5.74) is 0.802. The summed E-state index contributed by atoms with van der Waals surface area (Å²) in [6, 6.07) is 19.6. The van der Waals surface area contributed by atoms with Gasteiger partial charge in [-0.05, 0) is 42.0 Å². The van der Waals surface area contributed by atoms with Crippen LogP contribution in [-0.4, -0.2) is 31.0 Å². The molecule has 0 aliphatic carbocycles. The fourth-order valence-electron chi connectivity index (χ4n) is 2.75. The Morgan fingerprint density at radius 3 is 2.13 bits per heavy atom. The lowest BCUT2D eigenvalue weighted by Crippen LogP contribution is -2.35. The summed E-state index contributed by atoms with van der Waals surface area (Å²) in [7, 11) is -4.27. The minimum atomic E-state index is -4.27. The van der Waals surface area contributed by atoms with Crippen LogP contribution in [0.5, 0.6) is 5.75 Å². The van der Waals surface area contributed by atoms with Crippen LogP contribution in [0.2, 0.25) is 0 Å². The number of nitrogens with zero attached hydrogens (tertiary/aromatic N) is 2.